The van der Waals surface area contributed by atoms with Gasteiger partial charge in [-0.1, -0.05) is 24.6 Å². The molecule has 0 aliphatic carbocycles. The Hall–Kier alpha value is -1.27. The van der Waals surface area contributed by atoms with E-state index >= 15 is 0 Å². The third-order valence-electron chi connectivity index (χ3n) is 5.28. The van der Waals surface area contributed by atoms with E-state index in [1.807, 2.05) is 4.90 Å². The molecule has 2 aliphatic rings. The number of amides is 1. The van der Waals surface area contributed by atoms with E-state index in [1.165, 1.54) is 4.31 Å². The van der Waals surface area contributed by atoms with Crippen LogP contribution in [0.3, 0.4) is 0 Å². The summed E-state index contributed by atoms with van der Waals surface area (Å²) in [4.78, 5) is 14.6. The van der Waals surface area contributed by atoms with Crippen molar-refractivity contribution in [3.05, 3.63) is 24.3 Å². The highest BCUT2D eigenvalue weighted by atomic mass is 32.2. The highest BCUT2D eigenvalue weighted by molar-refractivity contribution is 7.99. The van der Waals surface area contributed by atoms with Crippen LogP contribution in [0.4, 0.5) is 14.5 Å². The zero-order chi connectivity index (χ0) is 21.6. The summed E-state index contributed by atoms with van der Waals surface area (Å²) >= 11 is 0.456. The SMILES string of the molecule is O=C(CN1CCN(S(=O)(=O)N2CCCCCC2)CC1)Nc1ccc(SC(F)F)cc1. The first kappa shape index (κ1) is 23.4. The van der Waals surface area contributed by atoms with Crippen LogP contribution in [0, 0.1) is 0 Å². The first-order chi connectivity index (χ1) is 14.3. The summed E-state index contributed by atoms with van der Waals surface area (Å²) in [6.45, 7) is 3.04. The van der Waals surface area contributed by atoms with Crippen molar-refractivity contribution < 1.29 is 22.0 Å². The maximum atomic E-state index is 12.9. The van der Waals surface area contributed by atoms with Crippen LogP contribution < -0.4 is 5.32 Å². The number of benzene rings is 1. The smallest absolute Gasteiger partial charge is 0.288 e. The van der Waals surface area contributed by atoms with Gasteiger partial charge in [-0.25, -0.2) is 0 Å². The number of halogens is 2. The summed E-state index contributed by atoms with van der Waals surface area (Å²) in [7, 11) is -3.44. The molecule has 0 unspecified atom stereocenters. The second kappa shape index (κ2) is 10.9. The molecule has 1 amide bonds. The van der Waals surface area contributed by atoms with Gasteiger partial charge >= 0.3 is 0 Å². The zero-order valence-electron chi connectivity index (χ0n) is 16.8. The van der Waals surface area contributed by atoms with Gasteiger partial charge in [0.25, 0.3) is 16.0 Å². The fourth-order valence-electron chi connectivity index (χ4n) is 3.68. The molecule has 168 valence electrons. The van der Waals surface area contributed by atoms with E-state index in [0.717, 1.165) is 25.7 Å². The lowest BCUT2D eigenvalue weighted by atomic mass is 10.2. The van der Waals surface area contributed by atoms with Gasteiger partial charge in [-0.05, 0) is 37.1 Å². The topological polar surface area (TPSA) is 73.0 Å². The van der Waals surface area contributed by atoms with Gasteiger partial charge in [0.05, 0.1) is 6.54 Å². The molecule has 7 nitrogen and oxygen atoms in total. The lowest BCUT2D eigenvalue weighted by Crippen LogP contribution is -2.54. The van der Waals surface area contributed by atoms with Crippen LogP contribution in [0.15, 0.2) is 29.2 Å². The number of piperazine rings is 1. The van der Waals surface area contributed by atoms with Crippen molar-refractivity contribution >= 4 is 33.6 Å². The van der Waals surface area contributed by atoms with Gasteiger partial charge in [0.2, 0.25) is 5.91 Å². The van der Waals surface area contributed by atoms with E-state index in [9.17, 15) is 22.0 Å². The van der Waals surface area contributed by atoms with E-state index in [-0.39, 0.29) is 12.5 Å². The Kier molecular flexibility index (Phi) is 8.46. The Morgan fingerprint density at radius 3 is 2.07 bits per heavy atom. The molecular weight excluding hydrogens is 434 g/mol. The largest absolute Gasteiger partial charge is 0.325 e. The van der Waals surface area contributed by atoms with Gasteiger partial charge in [0.1, 0.15) is 0 Å². The minimum absolute atomic E-state index is 0.158. The number of alkyl halides is 2. The number of thioether (sulfide) groups is 1. The van der Waals surface area contributed by atoms with Crippen LogP contribution in [-0.4, -0.2) is 79.4 Å². The zero-order valence-corrected chi connectivity index (χ0v) is 18.4. The van der Waals surface area contributed by atoms with E-state index in [2.05, 4.69) is 5.32 Å². The number of hydrogen-bond donors (Lipinski definition) is 1. The third-order valence-corrected chi connectivity index (χ3v) is 8.04. The quantitative estimate of drug-likeness (QED) is 0.631. The molecular formula is C19H28F2N4O3S2. The van der Waals surface area contributed by atoms with E-state index < -0.39 is 16.0 Å². The van der Waals surface area contributed by atoms with E-state index in [4.69, 9.17) is 0 Å². The third kappa shape index (κ3) is 6.61. The van der Waals surface area contributed by atoms with Crippen molar-refractivity contribution in [3.8, 4) is 0 Å². The first-order valence-electron chi connectivity index (χ1n) is 10.2. The normalized spacial score (nSPS) is 20.2. The standard InChI is InChI=1S/C19H28F2N4O3S2/c20-19(21)29-17-7-5-16(6-8-17)22-18(26)15-23-11-13-25(14-12-23)30(27,28)24-9-3-1-2-4-10-24/h5-8,19H,1-4,9-15H2,(H,22,26). The highest BCUT2D eigenvalue weighted by Gasteiger charge is 2.32. The van der Waals surface area contributed by atoms with Crippen LogP contribution in [0.2, 0.25) is 0 Å². The van der Waals surface area contributed by atoms with Crippen molar-refractivity contribution in [1.82, 2.24) is 13.5 Å². The molecule has 2 fully saturated rings. The Morgan fingerprint density at radius 1 is 0.933 bits per heavy atom. The first-order valence-corrected chi connectivity index (χ1v) is 12.4. The monoisotopic (exact) mass is 462 g/mol. The molecule has 0 radical (unpaired) electrons. The van der Waals surface area contributed by atoms with Crippen LogP contribution >= 0.6 is 11.8 Å². The van der Waals surface area contributed by atoms with Gasteiger partial charge in [0.15, 0.2) is 0 Å². The number of carbonyl (C=O) groups excluding carboxylic acids is 1. The Labute approximate surface area is 181 Å². The summed E-state index contributed by atoms with van der Waals surface area (Å²) < 4.78 is 53.6. The molecule has 3 rings (SSSR count). The minimum atomic E-state index is -3.44. The summed E-state index contributed by atoms with van der Waals surface area (Å²) in [5.41, 5.74) is 0.543. The molecule has 0 saturated carbocycles. The van der Waals surface area contributed by atoms with Crippen molar-refractivity contribution in [1.29, 1.82) is 0 Å². The molecule has 1 N–H and O–H groups in total. The maximum Gasteiger partial charge on any atom is 0.288 e. The molecule has 1 aromatic rings. The summed E-state index contributed by atoms with van der Waals surface area (Å²) in [5, 5.41) is 2.75. The Morgan fingerprint density at radius 2 is 1.50 bits per heavy atom. The molecule has 30 heavy (non-hydrogen) atoms. The van der Waals surface area contributed by atoms with Crippen LogP contribution in [0.1, 0.15) is 25.7 Å². The van der Waals surface area contributed by atoms with Crippen LogP contribution in [0.25, 0.3) is 0 Å². The van der Waals surface area contributed by atoms with Gasteiger partial charge < -0.3 is 5.32 Å². The highest BCUT2D eigenvalue weighted by Crippen LogP contribution is 2.26. The number of hydrogen-bond acceptors (Lipinski definition) is 5. The van der Waals surface area contributed by atoms with Gasteiger partial charge in [-0.2, -0.15) is 25.8 Å². The van der Waals surface area contributed by atoms with Crippen molar-refractivity contribution in [3.63, 3.8) is 0 Å². The van der Waals surface area contributed by atoms with Crippen molar-refractivity contribution in [2.24, 2.45) is 0 Å². The number of nitrogens with one attached hydrogen (secondary N) is 1. The molecule has 2 heterocycles. The minimum Gasteiger partial charge on any atom is -0.325 e. The second-order valence-corrected chi connectivity index (χ2v) is 10.4. The molecule has 11 heteroatoms. The Balaban J connectivity index is 1.45. The summed E-state index contributed by atoms with van der Waals surface area (Å²) in [5.74, 6) is -2.69. The molecule has 2 aliphatic heterocycles. The molecule has 1 aromatic carbocycles. The molecule has 0 bridgehead atoms. The summed E-state index contributed by atoms with van der Waals surface area (Å²) in [6, 6.07) is 6.26. The van der Waals surface area contributed by atoms with Crippen molar-refractivity contribution in [2.45, 2.75) is 36.3 Å². The van der Waals surface area contributed by atoms with Gasteiger partial charge in [0, 0.05) is 49.9 Å². The average Bonchev–Trinajstić information content (AvgIpc) is 3.00. The van der Waals surface area contributed by atoms with E-state index in [1.54, 1.807) is 28.6 Å². The van der Waals surface area contributed by atoms with Gasteiger partial charge in [-0.15, -0.1) is 0 Å². The van der Waals surface area contributed by atoms with Crippen LogP contribution in [-0.2, 0) is 15.0 Å². The molecule has 0 spiro atoms. The summed E-state index contributed by atoms with van der Waals surface area (Å²) in [6.07, 6.45) is 3.95. The number of rotatable bonds is 7. The fraction of sp³-hybridized carbons (Fsp3) is 0.632. The number of carbonyl (C=O) groups is 1. The van der Waals surface area contributed by atoms with Crippen molar-refractivity contribution in [2.75, 3.05) is 51.1 Å². The molecule has 0 aromatic heterocycles. The number of nitrogens with zero attached hydrogens (tertiary/aromatic N) is 3. The lowest BCUT2D eigenvalue weighted by Gasteiger charge is -2.36. The predicted octanol–water partition coefficient (Wildman–Crippen LogP) is 2.68. The lowest BCUT2D eigenvalue weighted by molar-refractivity contribution is -0.117. The number of anilines is 1. The predicted molar refractivity (Wildman–Crippen MR) is 114 cm³/mol. The van der Waals surface area contributed by atoms with E-state index in [0.29, 0.717) is 61.6 Å². The Bertz CT molecular complexity index is 793. The average molecular weight is 463 g/mol. The fourth-order valence-corrected chi connectivity index (χ4v) is 5.85. The molecule has 2 saturated heterocycles. The molecule has 0 atom stereocenters. The van der Waals surface area contributed by atoms with Crippen LogP contribution in [0.5, 0.6) is 0 Å². The van der Waals surface area contributed by atoms with Gasteiger partial charge in [-0.3, -0.25) is 9.69 Å². The maximum absolute atomic E-state index is 12.9. The second-order valence-electron chi connectivity index (χ2n) is 7.45.